The van der Waals surface area contributed by atoms with Crippen LogP contribution < -0.4 is 5.32 Å². The first kappa shape index (κ1) is 10.5. The van der Waals surface area contributed by atoms with Crippen molar-refractivity contribution < 1.29 is 9.59 Å². The molecule has 2 amide bonds. The number of carbonyl (C=O) groups is 2. The maximum absolute atomic E-state index is 12.1. The first-order chi connectivity index (χ1) is 7.13. The van der Waals surface area contributed by atoms with Gasteiger partial charge in [-0.15, -0.1) is 0 Å². The Balaban J connectivity index is 2.10. The van der Waals surface area contributed by atoms with E-state index in [0.29, 0.717) is 5.92 Å². The number of carbonyl (C=O) groups excluding carboxylic acids is 2. The number of rotatable bonds is 3. The Morgan fingerprint density at radius 3 is 2.67 bits per heavy atom. The molecule has 0 aromatic heterocycles. The van der Waals surface area contributed by atoms with Crippen molar-refractivity contribution in [3.8, 4) is 0 Å². The molecule has 4 nitrogen and oxygen atoms in total. The number of amides is 2. The zero-order valence-corrected chi connectivity index (χ0v) is 9.32. The molecule has 1 saturated heterocycles. The molecule has 84 valence electrons. The summed E-state index contributed by atoms with van der Waals surface area (Å²) in [7, 11) is 0. The van der Waals surface area contributed by atoms with E-state index in [-0.39, 0.29) is 30.4 Å². The second-order valence-electron chi connectivity index (χ2n) is 4.61. The summed E-state index contributed by atoms with van der Waals surface area (Å²) in [6.45, 7) is 4.27. The summed E-state index contributed by atoms with van der Waals surface area (Å²) >= 11 is 0. The molecule has 4 heteroatoms. The zero-order valence-electron chi connectivity index (χ0n) is 9.32. The van der Waals surface area contributed by atoms with Crippen molar-refractivity contribution in [1.29, 1.82) is 0 Å². The number of piperazine rings is 1. The maximum Gasteiger partial charge on any atom is 0.246 e. The van der Waals surface area contributed by atoms with Crippen molar-refractivity contribution in [3.63, 3.8) is 0 Å². The van der Waals surface area contributed by atoms with Crippen molar-refractivity contribution in [3.05, 3.63) is 0 Å². The van der Waals surface area contributed by atoms with Crippen LogP contribution in [0, 0.1) is 5.92 Å². The maximum atomic E-state index is 12.1. The molecule has 2 rings (SSSR count). The normalized spacial score (nSPS) is 28.9. The number of hydrogen-bond donors (Lipinski definition) is 1. The van der Waals surface area contributed by atoms with E-state index in [1.807, 2.05) is 13.8 Å². The van der Waals surface area contributed by atoms with Gasteiger partial charge in [-0.2, -0.15) is 0 Å². The van der Waals surface area contributed by atoms with E-state index >= 15 is 0 Å². The summed E-state index contributed by atoms with van der Waals surface area (Å²) in [4.78, 5) is 25.3. The van der Waals surface area contributed by atoms with Crippen LogP contribution in [0.1, 0.15) is 33.1 Å². The fourth-order valence-electron chi connectivity index (χ4n) is 2.03. The smallest absolute Gasteiger partial charge is 0.246 e. The molecular weight excluding hydrogens is 192 g/mol. The molecule has 2 unspecified atom stereocenters. The van der Waals surface area contributed by atoms with Crippen LogP contribution in [-0.2, 0) is 9.59 Å². The quantitative estimate of drug-likeness (QED) is 0.738. The summed E-state index contributed by atoms with van der Waals surface area (Å²) in [6.07, 6.45) is 3.05. The summed E-state index contributed by atoms with van der Waals surface area (Å²) in [5.41, 5.74) is 0. The van der Waals surface area contributed by atoms with Crippen LogP contribution in [0.15, 0.2) is 0 Å². The van der Waals surface area contributed by atoms with Crippen LogP contribution >= 0.6 is 0 Å². The lowest BCUT2D eigenvalue weighted by Crippen LogP contribution is -2.60. The van der Waals surface area contributed by atoms with E-state index < -0.39 is 0 Å². The predicted molar refractivity (Wildman–Crippen MR) is 56.1 cm³/mol. The lowest BCUT2D eigenvalue weighted by Gasteiger charge is -2.36. The molecule has 0 radical (unpaired) electrons. The van der Waals surface area contributed by atoms with Crippen LogP contribution in [0.4, 0.5) is 0 Å². The molecule has 2 aliphatic rings. The minimum Gasteiger partial charge on any atom is -0.342 e. The largest absolute Gasteiger partial charge is 0.342 e. The van der Waals surface area contributed by atoms with Gasteiger partial charge < -0.3 is 10.2 Å². The molecule has 1 aliphatic carbocycles. The molecule has 15 heavy (non-hydrogen) atoms. The predicted octanol–water partition coefficient (Wildman–Crippen LogP) is 0.522. The zero-order chi connectivity index (χ0) is 11.0. The molecule has 1 aliphatic heterocycles. The number of nitrogens with one attached hydrogen (secondary N) is 1. The second kappa shape index (κ2) is 3.83. The van der Waals surface area contributed by atoms with Crippen molar-refractivity contribution in [1.82, 2.24) is 10.2 Å². The summed E-state index contributed by atoms with van der Waals surface area (Å²) < 4.78 is 0. The van der Waals surface area contributed by atoms with Gasteiger partial charge in [0.2, 0.25) is 11.8 Å². The van der Waals surface area contributed by atoms with Crippen molar-refractivity contribution in [2.45, 2.75) is 45.2 Å². The molecule has 0 aromatic rings. The molecule has 0 bridgehead atoms. The summed E-state index contributed by atoms with van der Waals surface area (Å²) in [6, 6.07) is -0.0648. The van der Waals surface area contributed by atoms with Gasteiger partial charge in [0.05, 0.1) is 6.54 Å². The molecular formula is C11H18N2O2. The van der Waals surface area contributed by atoms with E-state index in [0.717, 1.165) is 19.3 Å². The fraction of sp³-hybridized carbons (Fsp3) is 0.818. The standard InChI is InChI=1S/C11H18N2O2/c1-3-7(2)13-6-9(14)12-10(11(13)15)8-4-5-8/h7-8,10H,3-6H2,1-2H3,(H,12,14). The van der Waals surface area contributed by atoms with Gasteiger partial charge in [0.15, 0.2) is 0 Å². The van der Waals surface area contributed by atoms with Crippen LogP contribution in [0.3, 0.4) is 0 Å². The molecule has 1 saturated carbocycles. The van der Waals surface area contributed by atoms with E-state index in [4.69, 9.17) is 0 Å². The molecule has 1 heterocycles. The topological polar surface area (TPSA) is 49.4 Å². The molecule has 0 spiro atoms. The number of hydrogen-bond acceptors (Lipinski definition) is 2. The lowest BCUT2D eigenvalue weighted by molar-refractivity contribution is -0.147. The Kier molecular flexibility index (Phi) is 2.67. The summed E-state index contributed by atoms with van der Waals surface area (Å²) in [5.74, 6) is 0.506. The highest BCUT2D eigenvalue weighted by Crippen LogP contribution is 2.34. The van der Waals surface area contributed by atoms with Gasteiger partial charge in [-0.05, 0) is 32.1 Å². The van der Waals surface area contributed by atoms with Crippen molar-refractivity contribution in [2.24, 2.45) is 5.92 Å². The first-order valence-electron chi connectivity index (χ1n) is 5.73. The van der Waals surface area contributed by atoms with E-state index in [1.54, 1.807) is 4.90 Å². The average molecular weight is 210 g/mol. The van der Waals surface area contributed by atoms with Crippen LogP contribution in [0.5, 0.6) is 0 Å². The minimum atomic E-state index is -0.236. The second-order valence-corrected chi connectivity index (χ2v) is 4.61. The highest BCUT2D eigenvalue weighted by molar-refractivity contribution is 5.95. The van der Waals surface area contributed by atoms with Gasteiger partial charge in [0, 0.05) is 6.04 Å². The van der Waals surface area contributed by atoms with E-state index in [1.165, 1.54) is 0 Å². The third kappa shape index (κ3) is 1.98. The Bertz CT molecular complexity index is 286. The summed E-state index contributed by atoms with van der Waals surface area (Å²) in [5, 5.41) is 2.81. The van der Waals surface area contributed by atoms with Crippen LogP contribution in [-0.4, -0.2) is 35.3 Å². The van der Waals surface area contributed by atoms with Crippen molar-refractivity contribution >= 4 is 11.8 Å². The fourth-order valence-corrected chi connectivity index (χ4v) is 2.03. The Hall–Kier alpha value is -1.06. The third-order valence-corrected chi connectivity index (χ3v) is 3.40. The minimum absolute atomic E-state index is 0.00759. The van der Waals surface area contributed by atoms with Crippen molar-refractivity contribution in [2.75, 3.05) is 6.54 Å². The first-order valence-corrected chi connectivity index (χ1v) is 5.73. The van der Waals surface area contributed by atoms with Crippen LogP contribution in [0.25, 0.3) is 0 Å². The van der Waals surface area contributed by atoms with Gasteiger partial charge in [-0.1, -0.05) is 6.92 Å². The van der Waals surface area contributed by atoms with E-state index in [2.05, 4.69) is 5.32 Å². The Morgan fingerprint density at radius 2 is 2.13 bits per heavy atom. The van der Waals surface area contributed by atoms with Gasteiger partial charge in [-0.25, -0.2) is 0 Å². The Labute approximate surface area is 90.0 Å². The molecule has 2 atom stereocenters. The van der Waals surface area contributed by atoms with Gasteiger partial charge in [0.1, 0.15) is 6.04 Å². The number of nitrogens with zero attached hydrogens (tertiary/aromatic N) is 1. The molecule has 1 N–H and O–H groups in total. The van der Waals surface area contributed by atoms with Gasteiger partial charge in [0.25, 0.3) is 0 Å². The van der Waals surface area contributed by atoms with Gasteiger partial charge >= 0.3 is 0 Å². The van der Waals surface area contributed by atoms with Crippen LogP contribution in [0.2, 0.25) is 0 Å². The SMILES string of the molecule is CCC(C)N1CC(=O)NC(C2CC2)C1=O. The molecule has 2 fully saturated rings. The van der Waals surface area contributed by atoms with E-state index in [9.17, 15) is 9.59 Å². The highest BCUT2D eigenvalue weighted by atomic mass is 16.2. The average Bonchev–Trinajstić information content (AvgIpc) is 3.03. The Morgan fingerprint density at radius 1 is 1.47 bits per heavy atom. The third-order valence-electron chi connectivity index (χ3n) is 3.40. The lowest BCUT2D eigenvalue weighted by atomic mass is 10.1. The molecule has 0 aromatic carbocycles. The van der Waals surface area contributed by atoms with Gasteiger partial charge in [-0.3, -0.25) is 9.59 Å². The monoisotopic (exact) mass is 210 g/mol. The highest BCUT2D eigenvalue weighted by Gasteiger charge is 2.43.